The number of halogens is 4. The smallest absolute Gasteiger partial charge is 0.241 e. The fourth-order valence-corrected chi connectivity index (χ4v) is 3.48. The molecular formula is C15H9BrF3NS. The Balaban J connectivity index is 1.94. The Hall–Kier alpha value is -1.40. The number of hydrogen-bond acceptors (Lipinski definition) is 2. The molecule has 3 rings (SSSR count). The third-order valence-electron chi connectivity index (χ3n) is 3.00. The van der Waals surface area contributed by atoms with Gasteiger partial charge in [-0.05, 0) is 35.9 Å². The minimum atomic E-state index is -4.33. The van der Waals surface area contributed by atoms with Crippen LogP contribution in [0.5, 0.6) is 0 Å². The van der Waals surface area contributed by atoms with Gasteiger partial charge in [0.1, 0.15) is 0 Å². The van der Waals surface area contributed by atoms with Crippen LogP contribution in [0.1, 0.15) is 16.1 Å². The molecule has 0 aliphatic heterocycles. The molecule has 6 heteroatoms. The number of hydrogen-bond donors (Lipinski definition) is 0. The number of aromatic nitrogens is 1. The van der Waals surface area contributed by atoms with Crippen LogP contribution in [0.4, 0.5) is 13.2 Å². The monoisotopic (exact) mass is 371 g/mol. The first-order valence-electron chi connectivity index (χ1n) is 6.13. The lowest BCUT2D eigenvalue weighted by atomic mass is 10.2. The number of nitrogens with zero attached hydrogens (tertiary/aromatic N) is 1. The molecule has 0 atom stereocenters. The summed E-state index contributed by atoms with van der Waals surface area (Å²) in [6, 6.07) is 11.5. The minimum absolute atomic E-state index is 0.403. The van der Waals surface area contributed by atoms with E-state index in [4.69, 9.17) is 0 Å². The van der Waals surface area contributed by atoms with Crippen LogP contribution in [0, 0.1) is 0 Å². The van der Waals surface area contributed by atoms with Gasteiger partial charge in [-0.25, -0.2) is 4.98 Å². The lowest BCUT2D eigenvalue weighted by Gasteiger charge is -2.04. The Labute approximate surface area is 131 Å². The van der Waals surface area contributed by atoms with E-state index < -0.39 is 11.7 Å². The average Bonchev–Trinajstić information content (AvgIpc) is 2.78. The molecule has 1 nitrogen and oxygen atoms in total. The molecule has 2 aromatic carbocycles. The van der Waals surface area contributed by atoms with E-state index in [1.165, 1.54) is 17.4 Å². The SMILES string of the molecule is FC(F)(F)c1ccc2sc(Cc3cccc(Br)c3)nc2c1. The van der Waals surface area contributed by atoms with Gasteiger partial charge in [-0.2, -0.15) is 13.2 Å². The summed E-state index contributed by atoms with van der Waals surface area (Å²) in [4.78, 5) is 4.32. The second-order valence-corrected chi connectivity index (χ2v) is 6.63. The van der Waals surface area contributed by atoms with Crippen molar-refractivity contribution >= 4 is 37.5 Å². The van der Waals surface area contributed by atoms with Gasteiger partial charge >= 0.3 is 6.18 Å². The highest BCUT2D eigenvalue weighted by atomic mass is 79.9. The van der Waals surface area contributed by atoms with E-state index in [1.807, 2.05) is 24.3 Å². The van der Waals surface area contributed by atoms with Crippen LogP contribution >= 0.6 is 27.3 Å². The van der Waals surface area contributed by atoms with Gasteiger partial charge in [0, 0.05) is 10.9 Å². The average molecular weight is 372 g/mol. The molecule has 0 unspecified atom stereocenters. The lowest BCUT2D eigenvalue weighted by Crippen LogP contribution is -2.03. The largest absolute Gasteiger partial charge is 0.416 e. The molecule has 0 radical (unpaired) electrons. The van der Waals surface area contributed by atoms with Crippen LogP contribution in [0.15, 0.2) is 46.9 Å². The Bertz CT molecular complexity index is 795. The normalized spacial score (nSPS) is 12.0. The second kappa shape index (κ2) is 5.42. The molecule has 0 bridgehead atoms. The van der Waals surface area contributed by atoms with Crippen molar-refractivity contribution in [2.75, 3.05) is 0 Å². The maximum absolute atomic E-state index is 12.7. The van der Waals surface area contributed by atoms with Gasteiger partial charge in [0.2, 0.25) is 0 Å². The van der Waals surface area contributed by atoms with Gasteiger partial charge < -0.3 is 0 Å². The molecule has 108 valence electrons. The summed E-state index contributed by atoms with van der Waals surface area (Å²) in [5, 5.41) is 0.808. The number of benzene rings is 2. The number of fused-ring (bicyclic) bond motifs is 1. The molecular weight excluding hydrogens is 363 g/mol. The third-order valence-corrected chi connectivity index (χ3v) is 4.53. The van der Waals surface area contributed by atoms with Crippen LogP contribution in [0.25, 0.3) is 10.2 Å². The van der Waals surface area contributed by atoms with Gasteiger partial charge in [-0.15, -0.1) is 11.3 Å². The van der Waals surface area contributed by atoms with Gasteiger partial charge in [0.25, 0.3) is 0 Å². The Morgan fingerprint density at radius 2 is 1.90 bits per heavy atom. The van der Waals surface area contributed by atoms with Crippen molar-refractivity contribution in [3.63, 3.8) is 0 Å². The van der Waals surface area contributed by atoms with Crippen LogP contribution in [-0.2, 0) is 12.6 Å². The van der Waals surface area contributed by atoms with Crippen LogP contribution in [0.3, 0.4) is 0 Å². The number of rotatable bonds is 2. The van der Waals surface area contributed by atoms with Gasteiger partial charge in [-0.1, -0.05) is 28.1 Å². The molecule has 1 aromatic heterocycles. The Morgan fingerprint density at radius 1 is 1.10 bits per heavy atom. The van der Waals surface area contributed by atoms with Crippen molar-refractivity contribution < 1.29 is 13.2 Å². The van der Waals surface area contributed by atoms with E-state index >= 15 is 0 Å². The molecule has 21 heavy (non-hydrogen) atoms. The van der Waals surface area contributed by atoms with Crippen molar-refractivity contribution in [1.82, 2.24) is 4.98 Å². The zero-order valence-corrected chi connectivity index (χ0v) is 13.0. The molecule has 0 N–H and O–H groups in total. The van der Waals surface area contributed by atoms with Gasteiger partial charge in [-0.3, -0.25) is 0 Å². The van der Waals surface area contributed by atoms with Gasteiger partial charge in [0.05, 0.1) is 20.8 Å². The first kappa shape index (κ1) is 14.5. The topological polar surface area (TPSA) is 12.9 Å². The van der Waals surface area contributed by atoms with Crippen molar-refractivity contribution in [2.45, 2.75) is 12.6 Å². The molecule has 0 saturated heterocycles. The summed E-state index contributed by atoms with van der Waals surface area (Å²) in [7, 11) is 0. The summed E-state index contributed by atoms with van der Waals surface area (Å²) >= 11 is 4.82. The van der Waals surface area contributed by atoms with E-state index in [9.17, 15) is 13.2 Å². The fourth-order valence-electron chi connectivity index (χ4n) is 2.05. The summed E-state index contributed by atoms with van der Waals surface area (Å²) < 4.78 is 39.8. The molecule has 1 heterocycles. The van der Waals surface area contributed by atoms with Crippen molar-refractivity contribution in [3.05, 3.63) is 63.1 Å². The highest BCUT2D eigenvalue weighted by Gasteiger charge is 2.30. The van der Waals surface area contributed by atoms with Crippen molar-refractivity contribution in [1.29, 1.82) is 0 Å². The van der Waals surface area contributed by atoms with Crippen LogP contribution in [0.2, 0.25) is 0 Å². The number of thiazole rings is 1. The predicted molar refractivity (Wildman–Crippen MR) is 81.6 cm³/mol. The molecule has 0 amide bonds. The van der Waals surface area contributed by atoms with E-state index in [0.717, 1.165) is 31.9 Å². The Morgan fingerprint density at radius 3 is 2.62 bits per heavy atom. The first-order chi connectivity index (χ1) is 9.91. The summed E-state index contributed by atoms with van der Waals surface area (Å²) in [6.45, 7) is 0. The van der Waals surface area contributed by atoms with E-state index in [-0.39, 0.29) is 0 Å². The summed E-state index contributed by atoms with van der Waals surface area (Å²) in [5.74, 6) is 0. The third kappa shape index (κ3) is 3.27. The van der Waals surface area contributed by atoms with Crippen molar-refractivity contribution in [2.24, 2.45) is 0 Å². The molecule has 0 aliphatic carbocycles. The Kier molecular flexibility index (Phi) is 3.75. The summed E-state index contributed by atoms with van der Waals surface area (Å²) in [6.07, 6.45) is -3.72. The van der Waals surface area contributed by atoms with Gasteiger partial charge in [0.15, 0.2) is 0 Å². The zero-order chi connectivity index (χ0) is 15.0. The zero-order valence-electron chi connectivity index (χ0n) is 10.6. The molecule has 3 aromatic rings. The molecule has 0 fully saturated rings. The van der Waals surface area contributed by atoms with Crippen molar-refractivity contribution in [3.8, 4) is 0 Å². The maximum atomic E-state index is 12.7. The van der Waals surface area contributed by atoms with E-state index in [2.05, 4.69) is 20.9 Å². The molecule has 0 saturated carbocycles. The maximum Gasteiger partial charge on any atom is 0.416 e. The minimum Gasteiger partial charge on any atom is -0.241 e. The van der Waals surface area contributed by atoms with E-state index in [1.54, 1.807) is 0 Å². The standard InChI is InChI=1S/C15H9BrF3NS/c16-11-3-1-2-9(6-11)7-14-20-12-8-10(15(17,18)19)4-5-13(12)21-14/h1-6,8H,7H2. The fraction of sp³-hybridized carbons (Fsp3) is 0.133. The van der Waals surface area contributed by atoms with Crippen LogP contribution < -0.4 is 0 Å². The first-order valence-corrected chi connectivity index (χ1v) is 7.74. The highest BCUT2D eigenvalue weighted by Crippen LogP contribution is 2.33. The highest BCUT2D eigenvalue weighted by molar-refractivity contribution is 9.10. The molecule has 0 aliphatic rings. The van der Waals surface area contributed by atoms with E-state index in [0.29, 0.717) is 11.9 Å². The second-order valence-electron chi connectivity index (χ2n) is 4.59. The number of alkyl halides is 3. The predicted octanol–water partition coefficient (Wildman–Crippen LogP) is 5.67. The lowest BCUT2D eigenvalue weighted by molar-refractivity contribution is -0.137. The quantitative estimate of drug-likeness (QED) is 0.565. The van der Waals surface area contributed by atoms with Crippen LogP contribution in [-0.4, -0.2) is 4.98 Å². The summed E-state index contributed by atoms with van der Waals surface area (Å²) in [5.41, 5.74) is 0.814. The molecule has 0 spiro atoms.